The number of hydrogen-bond donors (Lipinski definition) is 1. The van der Waals surface area contributed by atoms with Gasteiger partial charge in [0, 0.05) is 38.3 Å². The highest BCUT2D eigenvalue weighted by atomic mass is 19.4. The molecule has 4 rings (SSSR count). The first kappa shape index (κ1) is 30.0. The molecule has 3 heterocycles. The van der Waals surface area contributed by atoms with E-state index in [0.29, 0.717) is 48.3 Å². The summed E-state index contributed by atoms with van der Waals surface area (Å²) in [4.78, 5) is 39.3. The zero-order valence-corrected chi connectivity index (χ0v) is 23.7. The third-order valence-corrected chi connectivity index (χ3v) is 7.57. The molecule has 1 aliphatic heterocycles. The molecule has 0 spiro atoms. The number of halogens is 3. The van der Waals surface area contributed by atoms with E-state index < -0.39 is 23.5 Å². The van der Waals surface area contributed by atoms with Crippen LogP contribution in [0.5, 0.6) is 0 Å². The molecule has 3 atom stereocenters. The minimum absolute atomic E-state index is 0.167. The fraction of sp³-hybridized carbons (Fsp3) is 0.483. The first-order valence-corrected chi connectivity index (χ1v) is 13.7. The van der Waals surface area contributed by atoms with E-state index in [4.69, 9.17) is 0 Å². The zero-order valence-electron chi connectivity index (χ0n) is 23.7. The maximum Gasteiger partial charge on any atom is 0.416 e. The fourth-order valence-electron chi connectivity index (χ4n) is 5.44. The molecular weight excluding hydrogens is 535 g/mol. The van der Waals surface area contributed by atoms with Crippen LogP contribution in [0.25, 0.3) is 11.0 Å². The molecule has 1 aromatic carbocycles. The predicted octanol–water partition coefficient (Wildman–Crippen LogP) is 4.16. The van der Waals surface area contributed by atoms with Crippen LogP contribution in [-0.4, -0.2) is 56.6 Å². The van der Waals surface area contributed by atoms with Crippen LogP contribution in [0.15, 0.2) is 41.2 Å². The Bertz CT molecular complexity index is 1510. The minimum atomic E-state index is -4.49. The molecule has 0 radical (unpaired) electrons. The van der Waals surface area contributed by atoms with Crippen molar-refractivity contribution in [2.45, 2.75) is 70.9 Å². The van der Waals surface area contributed by atoms with Gasteiger partial charge in [0.25, 0.3) is 0 Å². The number of pyridine rings is 1. The number of carbonyl (C=O) groups is 1. The number of rotatable bonds is 7. The van der Waals surface area contributed by atoms with Gasteiger partial charge in [0.05, 0.1) is 11.1 Å². The Kier molecular flexibility index (Phi) is 8.68. The number of aryl methyl sites for hydroxylation is 1. The Hall–Kier alpha value is -3.98. The van der Waals surface area contributed by atoms with Crippen LogP contribution in [0.2, 0.25) is 0 Å². The molecular formula is C29H34F3N7O2. The van der Waals surface area contributed by atoms with Crippen molar-refractivity contribution in [3.05, 3.63) is 63.7 Å². The van der Waals surface area contributed by atoms with E-state index in [1.54, 1.807) is 19.2 Å². The number of benzene rings is 1. The Morgan fingerprint density at radius 3 is 2.29 bits per heavy atom. The molecule has 41 heavy (non-hydrogen) atoms. The van der Waals surface area contributed by atoms with Crippen molar-refractivity contribution in [3.8, 4) is 6.07 Å². The maximum absolute atomic E-state index is 13.6. The zero-order chi connectivity index (χ0) is 30.1. The summed E-state index contributed by atoms with van der Waals surface area (Å²) in [6.07, 6.45) is -3.23. The second-order valence-corrected chi connectivity index (χ2v) is 10.6. The first-order chi connectivity index (χ1) is 19.4. The predicted molar refractivity (Wildman–Crippen MR) is 149 cm³/mol. The monoisotopic (exact) mass is 569 g/mol. The number of amides is 1. The average Bonchev–Trinajstić information content (AvgIpc) is 2.94. The summed E-state index contributed by atoms with van der Waals surface area (Å²) < 4.78 is 41.3. The van der Waals surface area contributed by atoms with Crippen molar-refractivity contribution in [1.82, 2.24) is 24.8 Å². The van der Waals surface area contributed by atoms with Crippen LogP contribution in [0.1, 0.15) is 63.4 Å². The highest BCUT2D eigenvalue weighted by Gasteiger charge is 2.41. The van der Waals surface area contributed by atoms with Gasteiger partial charge in [0.2, 0.25) is 5.91 Å². The van der Waals surface area contributed by atoms with Gasteiger partial charge in [-0.05, 0) is 56.5 Å². The lowest BCUT2D eigenvalue weighted by Crippen LogP contribution is -2.61. The molecule has 0 aliphatic carbocycles. The van der Waals surface area contributed by atoms with Gasteiger partial charge in [-0.1, -0.05) is 26.0 Å². The molecule has 2 aromatic heterocycles. The minimum Gasteiger partial charge on any atom is -0.352 e. The lowest BCUT2D eigenvalue weighted by atomic mass is 9.95. The van der Waals surface area contributed by atoms with E-state index >= 15 is 0 Å². The van der Waals surface area contributed by atoms with Crippen LogP contribution < -0.4 is 15.9 Å². The van der Waals surface area contributed by atoms with Crippen molar-refractivity contribution < 1.29 is 18.0 Å². The molecule has 1 amide bonds. The molecule has 1 saturated heterocycles. The van der Waals surface area contributed by atoms with E-state index in [9.17, 15) is 28.0 Å². The van der Waals surface area contributed by atoms with E-state index in [2.05, 4.69) is 15.3 Å². The lowest BCUT2D eigenvalue weighted by Gasteiger charge is -2.49. The molecule has 1 N–H and O–H groups in total. The number of alkyl halides is 3. The topological polar surface area (TPSA) is 107 Å². The number of nitrogens with one attached hydrogen (secondary N) is 1. The van der Waals surface area contributed by atoms with E-state index in [1.807, 2.05) is 43.6 Å². The lowest BCUT2D eigenvalue weighted by molar-refractivity contribution is -0.137. The molecule has 1 unspecified atom stereocenters. The van der Waals surface area contributed by atoms with Gasteiger partial charge in [-0.25, -0.2) is 9.78 Å². The molecule has 9 nitrogen and oxygen atoms in total. The van der Waals surface area contributed by atoms with Crippen LogP contribution in [0.3, 0.4) is 0 Å². The summed E-state index contributed by atoms with van der Waals surface area (Å²) in [5.41, 5.74) is 0.415. The number of fused-ring (bicyclic) bond motifs is 1. The average molecular weight is 570 g/mol. The summed E-state index contributed by atoms with van der Waals surface area (Å²) in [7, 11) is 1.60. The summed E-state index contributed by atoms with van der Waals surface area (Å²) in [5.74, 6) is 0.0851. The highest BCUT2D eigenvalue weighted by molar-refractivity contribution is 5.87. The van der Waals surface area contributed by atoms with Crippen molar-refractivity contribution in [1.29, 1.82) is 5.26 Å². The van der Waals surface area contributed by atoms with Gasteiger partial charge < -0.3 is 10.2 Å². The van der Waals surface area contributed by atoms with Gasteiger partial charge in [-0.2, -0.15) is 23.4 Å². The summed E-state index contributed by atoms with van der Waals surface area (Å²) in [6.45, 7) is 8.42. The van der Waals surface area contributed by atoms with Crippen LogP contribution >= 0.6 is 0 Å². The molecule has 12 heteroatoms. The normalized spacial score (nSPS) is 18.9. The molecule has 0 saturated carbocycles. The largest absolute Gasteiger partial charge is 0.416 e. The number of piperazine rings is 1. The third-order valence-electron chi connectivity index (χ3n) is 7.57. The van der Waals surface area contributed by atoms with E-state index in [1.165, 1.54) is 16.7 Å². The molecule has 218 valence electrons. The number of nitriles is 1. The number of hydrogen-bond acceptors (Lipinski definition) is 7. The highest BCUT2D eigenvalue weighted by Crippen LogP contribution is 2.35. The third kappa shape index (κ3) is 6.05. The SMILES string of the molecule is CC[C@H]1CN(C(C(=O)NC(C)C)c2ccc(C(F)(F)F)cc2)[C@H](CC)CN1c1nc(=O)n(C)c2ccc(C#N)nc12. The summed E-state index contributed by atoms with van der Waals surface area (Å²) in [5, 5.41) is 12.4. The second-order valence-electron chi connectivity index (χ2n) is 10.6. The van der Waals surface area contributed by atoms with Crippen molar-refractivity contribution >= 4 is 22.8 Å². The van der Waals surface area contributed by atoms with E-state index in [-0.39, 0.29) is 29.7 Å². The first-order valence-electron chi connectivity index (χ1n) is 13.7. The smallest absolute Gasteiger partial charge is 0.352 e. The van der Waals surface area contributed by atoms with Crippen LogP contribution in [0.4, 0.5) is 19.0 Å². The Labute approximate surface area is 236 Å². The Balaban J connectivity index is 1.79. The van der Waals surface area contributed by atoms with Crippen molar-refractivity contribution in [3.63, 3.8) is 0 Å². The molecule has 0 bridgehead atoms. The van der Waals surface area contributed by atoms with Gasteiger partial charge in [0.1, 0.15) is 23.3 Å². The molecule has 1 fully saturated rings. The van der Waals surface area contributed by atoms with Crippen LogP contribution in [0, 0.1) is 11.3 Å². The van der Waals surface area contributed by atoms with Crippen molar-refractivity contribution in [2.75, 3.05) is 18.0 Å². The number of anilines is 1. The number of carbonyl (C=O) groups excluding carboxylic acids is 1. The molecule has 1 aliphatic rings. The van der Waals surface area contributed by atoms with Gasteiger partial charge in [-0.15, -0.1) is 0 Å². The Morgan fingerprint density at radius 1 is 1.07 bits per heavy atom. The molecule has 3 aromatic rings. The summed E-state index contributed by atoms with van der Waals surface area (Å²) >= 11 is 0. The standard InChI is InChI=1S/C29H34F3N7O2/c1-6-21-16-39(26-24-23(37(5)28(41)36-26)13-12-20(14-33)35-24)22(7-2)15-38(21)25(27(40)34-17(3)4)18-8-10-19(11-9-18)29(30,31)32/h8-13,17,21-22,25H,6-7,15-16H2,1-5H3,(H,34,40)/t21-,22+,25?/m1/s1. The van der Waals surface area contributed by atoms with Gasteiger partial charge in [0.15, 0.2) is 5.82 Å². The van der Waals surface area contributed by atoms with Crippen molar-refractivity contribution in [2.24, 2.45) is 7.05 Å². The fourth-order valence-corrected chi connectivity index (χ4v) is 5.44. The van der Waals surface area contributed by atoms with Gasteiger partial charge >= 0.3 is 11.9 Å². The quantitative estimate of drug-likeness (QED) is 0.455. The number of aromatic nitrogens is 3. The number of nitrogens with zero attached hydrogens (tertiary/aromatic N) is 6. The van der Waals surface area contributed by atoms with Crippen LogP contribution in [-0.2, 0) is 18.0 Å². The van der Waals surface area contributed by atoms with E-state index in [0.717, 1.165) is 12.1 Å². The van der Waals surface area contributed by atoms with Gasteiger partial charge in [-0.3, -0.25) is 14.3 Å². The summed E-state index contributed by atoms with van der Waals surface area (Å²) in [6, 6.07) is 8.64. The maximum atomic E-state index is 13.6. The second kappa shape index (κ2) is 11.9. The Morgan fingerprint density at radius 2 is 1.73 bits per heavy atom.